The summed E-state index contributed by atoms with van der Waals surface area (Å²) < 4.78 is 7.37. The fraction of sp³-hybridized carbons (Fsp3) is 0.524. The van der Waals surface area contributed by atoms with Crippen LogP contribution >= 0.6 is 0 Å². The average Bonchev–Trinajstić information content (AvgIpc) is 3.43. The van der Waals surface area contributed by atoms with Crippen LogP contribution in [-0.4, -0.2) is 56.7 Å². The first kappa shape index (κ1) is 19.0. The number of nitrogens with one attached hydrogen (secondary N) is 1. The van der Waals surface area contributed by atoms with Crippen LogP contribution in [-0.2, 0) is 14.9 Å². The van der Waals surface area contributed by atoms with Gasteiger partial charge >= 0.3 is 0 Å². The molecule has 1 atom stereocenters. The number of amides is 1. The van der Waals surface area contributed by atoms with E-state index in [9.17, 15) is 4.79 Å². The predicted molar refractivity (Wildman–Crippen MR) is 113 cm³/mol. The van der Waals surface area contributed by atoms with Crippen molar-refractivity contribution in [2.45, 2.75) is 50.5 Å². The molecule has 0 unspecified atom stereocenters. The number of ether oxygens (including phenoxy) is 1. The zero-order valence-electron chi connectivity index (χ0n) is 17.2. The molecule has 1 aliphatic carbocycles. The molecular formula is C21H27N7O2. The summed E-state index contributed by atoms with van der Waals surface area (Å²) in [5, 5.41) is 12.5. The van der Waals surface area contributed by atoms with E-state index >= 15 is 0 Å². The molecular weight excluding hydrogens is 382 g/mol. The minimum absolute atomic E-state index is 0.191. The normalized spacial score (nSPS) is 21.8. The van der Waals surface area contributed by atoms with Gasteiger partial charge in [0.2, 0.25) is 5.91 Å². The highest BCUT2D eigenvalue weighted by Crippen LogP contribution is 2.43. The maximum absolute atomic E-state index is 12.8. The number of carbonyl (C=O) groups is 1. The summed E-state index contributed by atoms with van der Waals surface area (Å²) in [5.41, 5.74) is 7.01. The lowest BCUT2D eigenvalue weighted by Gasteiger charge is -2.38. The highest BCUT2D eigenvalue weighted by molar-refractivity contribution is 5.94. The number of carbonyl (C=O) groups excluding carboxylic acids is 1. The van der Waals surface area contributed by atoms with Crippen molar-refractivity contribution in [3.63, 3.8) is 0 Å². The molecule has 0 spiro atoms. The Hall–Kier alpha value is -2.94. The molecule has 1 saturated heterocycles. The first-order valence-corrected chi connectivity index (χ1v) is 10.6. The number of pyridine rings is 1. The molecule has 9 heteroatoms. The molecule has 0 bridgehead atoms. The number of aromatic amines is 1. The number of primary amides is 1. The number of hydrogen-bond acceptors (Lipinski definition) is 6. The van der Waals surface area contributed by atoms with Gasteiger partial charge < -0.3 is 15.4 Å². The Morgan fingerprint density at radius 1 is 1.33 bits per heavy atom. The van der Waals surface area contributed by atoms with E-state index in [-0.39, 0.29) is 11.9 Å². The molecule has 1 amide bonds. The number of H-pyrrole nitrogens is 1. The van der Waals surface area contributed by atoms with Crippen LogP contribution < -0.4 is 10.6 Å². The second-order valence-electron chi connectivity index (χ2n) is 8.39. The van der Waals surface area contributed by atoms with Gasteiger partial charge in [0.15, 0.2) is 11.5 Å². The Balaban J connectivity index is 1.75. The van der Waals surface area contributed by atoms with Crippen LogP contribution in [0.4, 0.5) is 5.82 Å². The number of fused-ring (bicyclic) bond motifs is 1. The lowest BCUT2D eigenvalue weighted by molar-refractivity contribution is -0.124. The maximum Gasteiger partial charge on any atom is 0.228 e. The summed E-state index contributed by atoms with van der Waals surface area (Å²) in [6.45, 7) is 4.18. The third kappa shape index (κ3) is 2.96. The Bertz CT molecular complexity index is 1050. The van der Waals surface area contributed by atoms with Gasteiger partial charge in [0.1, 0.15) is 5.82 Å². The lowest BCUT2D eigenvalue weighted by atomic mass is 9.68. The molecule has 4 heterocycles. The monoisotopic (exact) mass is 409 g/mol. The number of anilines is 1. The minimum Gasteiger partial charge on any atom is -0.377 e. The molecule has 3 N–H and O–H groups in total. The van der Waals surface area contributed by atoms with Crippen molar-refractivity contribution in [3.8, 4) is 5.82 Å². The molecule has 0 aromatic carbocycles. The first-order chi connectivity index (χ1) is 14.6. The Kier molecular flexibility index (Phi) is 4.69. The largest absolute Gasteiger partial charge is 0.377 e. The SMILES string of the molecule is C[C@@H]1COCCN1c1cc(C2(C(N)=O)CCCCC2)c2cnn(-c3ccn[nH]3)c2n1. The Morgan fingerprint density at radius 3 is 2.87 bits per heavy atom. The van der Waals surface area contributed by atoms with Crippen molar-refractivity contribution in [1.29, 1.82) is 0 Å². The van der Waals surface area contributed by atoms with Gasteiger partial charge in [-0.05, 0) is 31.4 Å². The van der Waals surface area contributed by atoms with Gasteiger partial charge in [-0.3, -0.25) is 9.89 Å². The third-order valence-corrected chi connectivity index (χ3v) is 6.60. The maximum atomic E-state index is 12.8. The summed E-state index contributed by atoms with van der Waals surface area (Å²) in [6.07, 6.45) is 8.11. The van der Waals surface area contributed by atoms with Crippen LogP contribution in [0.25, 0.3) is 16.9 Å². The summed E-state index contributed by atoms with van der Waals surface area (Å²) >= 11 is 0. The molecule has 1 saturated carbocycles. The van der Waals surface area contributed by atoms with E-state index in [2.05, 4.69) is 33.2 Å². The number of aromatic nitrogens is 5. The van der Waals surface area contributed by atoms with Crippen molar-refractivity contribution in [2.24, 2.45) is 5.73 Å². The zero-order chi connectivity index (χ0) is 20.7. The number of nitrogens with zero attached hydrogens (tertiary/aromatic N) is 5. The smallest absolute Gasteiger partial charge is 0.228 e. The highest BCUT2D eigenvalue weighted by Gasteiger charge is 2.42. The molecule has 9 nitrogen and oxygen atoms in total. The summed E-state index contributed by atoms with van der Waals surface area (Å²) in [7, 11) is 0. The van der Waals surface area contributed by atoms with E-state index in [4.69, 9.17) is 15.5 Å². The predicted octanol–water partition coefficient (Wildman–Crippen LogP) is 2.06. The van der Waals surface area contributed by atoms with Gasteiger partial charge in [-0.25, -0.2) is 4.98 Å². The van der Waals surface area contributed by atoms with E-state index in [0.29, 0.717) is 18.9 Å². The molecule has 30 heavy (non-hydrogen) atoms. The fourth-order valence-electron chi connectivity index (χ4n) is 4.94. The minimum atomic E-state index is -0.689. The molecule has 2 aliphatic rings. The molecule has 2 fully saturated rings. The standard InChI is InChI=1S/C21H27N7O2/c1-14-13-30-10-9-27(14)18-11-16(21(20(22)29)6-3-2-4-7-21)15-12-24-28(19(15)25-18)17-5-8-23-26-17/h5,8,11-12,14H,2-4,6-7,9-10,13H2,1H3,(H2,22,29)(H,23,26)/t14-/m1/s1. The van der Waals surface area contributed by atoms with Gasteiger partial charge in [0.25, 0.3) is 0 Å². The third-order valence-electron chi connectivity index (χ3n) is 6.60. The van der Waals surface area contributed by atoms with Gasteiger partial charge in [-0.15, -0.1) is 0 Å². The van der Waals surface area contributed by atoms with E-state index in [0.717, 1.165) is 61.2 Å². The molecule has 0 radical (unpaired) electrons. The Labute approximate surface area is 174 Å². The van der Waals surface area contributed by atoms with E-state index in [1.165, 1.54) is 0 Å². The molecule has 1 aliphatic heterocycles. The highest BCUT2D eigenvalue weighted by atomic mass is 16.5. The quantitative estimate of drug-likeness (QED) is 0.682. The van der Waals surface area contributed by atoms with Gasteiger partial charge in [-0.1, -0.05) is 19.3 Å². The van der Waals surface area contributed by atoms with Crippen LogP contribution in [0.5, 0.6) is 0 Å². The fourth-order valence-corrected chi connectivity index (χ4v) is 4.94. The van der Waals surface area contributed by atoms with Crippen molar-refractivity contribution < 1.29 is 9.53 Å². The van der Waals surface area contributed by atoms with Crippen molar-refractivity contribution in [1.82, 2.24) is 25.0 Å². The van der Waals surface area contributed by atoms with Crippen LogP contribution in [0.3, 0.4) is 0 Å². The van der Waals surface area contributed by atoms with Crippen LogP contribution in [0.15, 0.2) is 24.5 Å². The zero-order valence-corrected chi connectivity index (χ0v) is 17.2. The lowest BCUT2D eigenvalue weighted by Crippen LogP contribution is -2.45. The number of morpholine rings is 1. The second-order valence-corrected chi connectivity index (χ2v) is 8.39. The van der Waals surface area contributed by atoms with Crippen LogP contribution in [0.2, 0.25) is 0 Å². The van der Waals surface area contributed by atoms with Crippen molar-refractivity contribution in [2.75, 3.05) is 24.7 Å². The molecule has 3 aromatic heterocycles. The topological polar surface area (TPSA) is 115 Å². The van der Waals surface area contributed by atoms with Gasteiger partial charge in [0.05, 0.1) is 37.1 Å². The van der Waals surface area contributed by atoms with E-state index < -0.39 is 5.41 Å². The molecule has 5 rings (SSSR count). The van der Waals surface area contributed by atoms with Crippen molar-refractivity contribution >= 4 is 22.8 Å². The van der Waals surface area contributed by atoms with E-state index in [1.807, 2.05) is 6.07 Å². The summed E-state index contributed by atoms with van der Waals surface area (Å²) in [6, 6.07) is 4.11. The van der Waals surface area contributed by atoms with Crippen molar-refractivity contribution in [3.05, 3.63) is 30.1 Å². The van der Waals surface area contributed by atoms with Crippen LogP contribution in [0, 0.1) is 0 Å². The number of nitrogens with two attached hydrogens (primary N) is 1. The summed E-state index contributed by atoms with van der Waals surface area (Å²) in [4.78, 5) is 20.1. The number of rotatable bonds is 4. The summed E-state index contributed by atoms with van der Waals surface area (Å²) in [5.74, 6) is 1.30. The number of hydrogen-bond donors (Lipinski definition) is 2. The Morgan fingerprint density at radius 2 is 2.17 bits per heavy atom. The average molecular weight is 409 g/mol. The van der Waals surface area contributed by atoms with Gasteiger partial charge in [-0.2, -0.15) is 14.9 Å². The van der Waals surface area contributed by atoms with Crippen LogP contribution in [0.1, 0.15) is 44.6 Å². The van der Waals surface area contributed by atoms with E-state index in [1.54, 1.807) is 17.1 Å². The second kappa shape index (κ2) is 7.39. The molecule has 158 valence electrons. The van der Waals surface area contributed by atoms with Gasteiger partial charge in [0, 0.05) is 18.0 Å². The first-order valence-electron chi connectivity index (χ1n) is 10.6. The molecule has 3 aromatic rings.